The lowest BCUT2D eigenvalue weighted by molar-refractivity contribution is 0.332. The Balaban J connectivity index is 1.41. The molecule has 2 saturated carbocycles. The molecule has 1 aromatic carbocycles. The normalized spacial score (nSPS) is 35.4. The number of rotatable bonds is 3. The van der Waals surface area contributed by atoms with Gasteiger partial charge in [0.1, 0.15) is 0 Å². The van der Waals surface area contributed by atoms with Gasteiger partial charge in [0.15, 0.2) is 0 Å². The van der Waals surface area contributed by atoms with Crippen LogP contribution in [0.5, 0.6) is 0 Å². The van der Waals surface area contributed by atoms with E-state index in [1.807, 2.05) is 0 Å². The standard InChI is InChI=1S/C15H19N/c1-2-7-12-10(4-1)8-13-14(15(12)13)9-16-11-5-3-6-11/h1-2,4,7,11,13-16H,3,5-6,8-9H2. The van der Waals surface area contributed by atoms with Gasteiger partial charge >= 0.3 is 0 Å². The fraction of sp³-hybridized carbons (Fsp3) is 0.600. The first kappa shape index (κ1) is 9.23. The van der Waals surface area contributed by atoms with Gasteiger partial charge in [0.2, 0.25) is 0 Å². The van der Waals surface area contributed by atoms with Gasteiger partial charge in [-0.1, -0.05) is 30.7 Å². The first-order valence-electron chi connectivity index (χ1n) is 6.74. The average molecular weight is 213 g/mol. The molecule has 0 radical (unpaired) electrons. The van der Waals surface area contributed by atoms with Gasteiger partial charge in [-0.15, -0.1) is 0 Å². The molecule has 16 heavy (non-hydrogen) atoms. The van der Waals surface area contributed by atoms with Crippen molar-refractivity contribution in [2.45, 2.75) is 37.6 Å². The van der Waals surface area contributed by atoms with Crippen LogP contribution in [0.2, 0.25) is 0 Å². The minimum absolute atomic E-state index is 0.858. The molecule has 3 aliphatic rings. The number of benzene rings is 1. The second-order valence-corrected chi connectivity index (χ2v) is 5.79. The van der Waals surface area contributed by atoms with Crippen molar-refractivity contribution in [3.63, 3.8) is 0 Å². The monoisotopic (exact) mass is 213 g/mol. The zero-order valence-corrected chi connectivity index (χ0v) is 9.65. The van der Waals surface area contributed by atoms with Crippen molar-refractivity contribution in [2.75, 3.05) is 6.54 Å². The van der Waals surface area contributed by atoms with Gasteiger partial charge in [0.05, 0.1) is 0 Å². The Morgan fingerprint density at radius 2 is 2.06 bits per heavy atom. The summed E-state index contributed by atoms with van der Waals surface area (Å²) in [4.78, 5) is 0. The van der Waals surface area contributed by atoms with Crippen LogP contribution in [-0.2, 0) is 6.42 Å². The van der Waals surface area contributed by atoms with Crippen molar-refractivity contribution in [3.8, 4) is 0 Å². The molecule has 84 valence electrons. The first-order valence-corrected chi connectivity index (χ1v) is 6.74. The second kappa shape index (κ2) is 3.33. The summed E-state index contributed by atoms with van der Waals surface area (Å²) in [6.07, 6.45) is 5.62. The van der Waals surface area contributed by atoms with Crippen LogP contribution < -0.4 is 5.32 Å². The van der Waals surface area contributed by atoms with Crippen LogP contribution in [0.25, 0.3) is 0 Å². The summed E-state index contributed by atoms with van der Waals surface area (Å²) in [5, 5.41) is 3.74. The van der Waals surface area contributed by atoms with E-state index >= 15 is 0 Å². The van der Waals surface area contributed by atoms with Gasteiger partial charge in [-0.25, -0.2) is 0 Å². The van der Waals surface area contributed by atoms with Crippen LogP contribution in [0.15, 0.2) is 24.3 Å². The highest BCUT2D eigenvalue weighted by molar-refractivity contribution is 5.43. The summed E-state index contributed by atoms with van der Waals surface area (Å²) in [5.41, 5.74) is 3.28. The molecule has 3 atom stereocenters. The minimum Gasteiger partial charge on any atom is -0.314 e. The highest BCUT2D eigenvalue weighted by Gasteiger charge is 2.54. The summed E-state index contributed by atoms with van der Waals surface area (Å²) in [5.74, 6) is 2.84. The summed E-state index contributed by atoms with van der Waals surface area (Å²) < 4.78 is 0. The molecule has 1 nitrogen and oxygen atoms in total. The van der Waals surface area contributed by atoms with Crippen molar-refractivity contribution in [2.24, 2.45) is 11.8 Å². The van der Waals surface area contributed by atoms with Crippen molar-refractivity contribution < 1.29 is 0 Å². The highest BCUT2D eigenvalue weighted by atomic mass is 14.9. The lowest BCUT2D eigenvalue weighted by atomic mass is 9.93. The molecule has 4 rings (SSSR count). The molecule has 0 saturated heterocycles. The van der Waals surface area contributed by atoms with Crippen molar-refractivity contribution in [1.29, 1.82) is 0 Å². The molecule has 3 aliphatic carbocycles. The van der Waals surface area contributed by atoms with E-state index in [0.717, 1.165) is 23.8 Å². The van der Waals surface area contributed by atoms with E-state index in [-0.39, 0.29) is 0 Å². The number of nitrogens with one attached hydrogen (secondary N) is 1. The third-order valence-corrected chi connectivity index (χ3v) is 4.95. The third-order valence-electron chi connectivity index (χ3n) is 4.95. The Morgan fingerprint density at radius 1 is 1.19 bits per heavy atom. The molecule has 0 heterocycles. The van der Waals surface area contributed by atoms with Crippen LogP contribution in [-0.4, -0.2) is 12.6 Å². The Morgan fingerprint density at radius 3 is 2.88 bits per heavy atom. The smallest absolute Gasteiger partial charge is 0.00672 e. The van der Waals surface area contributed by atoms with Gasteiger partial charge in [0, 0.05) is 6.04 Å². The Hall–Kier alpha value is -0.820. The molecule has 1 N–H and O–H groups in total. The molecular formula is C15H19N. The third kappa shape index (κ3) is 1.27. The van der Waals surface area contributed by atoms with E-state index in [0.29, 0.717) is 0 Å². The summed E-state index contributed by atoms with van der Waals surface area (Å²) >= 11 is 0. The predicted octanol–water partition coefficient (Wildman–Crippen LogP) is 2.71. The molecule has 0 aliphatic heterocycles. The fourth-order valence-corrected chi connectivity index (χ4v) is 3.68. The second-order valence-electron chi connectivity index (χ2n) is 5.79. The lowest BCUT2D eigenvalue weighted by Crippen LogP contribution is -2.36. The quantitative estimate of drug-likeness (QED) is 0.814. The number of fused-ring (bicyclic) bond motifs is 3. The van der Waals surface area contributed by atoms with Gasteiger partial charge in [0.25, 0.3) is 0 Å². The average Bonchev–Trinajstić information content (AvgIpc) is 2.78. The van der Waals surface area contributed by atoms with E-state index in [9.17, 15) is 0 Å². The molecule has 2 fully saturated rings. The fourth-order valence-electron chi connectivity index (χ4n) is 3.68. The van der Waals surface area contributed by atoms with Gasteiger partial charge in [-0.3, -0.25) is 0 Å². The molecule has 0 spiro atoms. The minimum atomic E-state index is 0.858. The molecule has 1 heteroatoms. The van der Waals surface area contributed by atoms with Crippen molar-refractivity contribution in [3.05, 3.63) is 35.4 Å². The van der Waals surface area contributed by atoms with Crippen molar-refractivity contribution >= 4 is 0 Å². The first-order chi connectivity index (χ1) is 7.93. The summed E-state index contributed by atoms with van der Waals surface area (Å²) in [6, 6.07) is 9.92. The molecule has 0 amide bonds. The predicted molar refractivity (Wildman–Crippen MR) is 65.5 cm³/mol. The summed E-state index contributed by atoms with van der Waals surface area (Å²) in [6.45, 7) is 1.27. The lowest BCUT2D eigenvalue weighted by Gasteiger charge is -2.26. The molecular weight excluding hydrogens is 194 g/mol. The Labute approximate surface area is 97.2 Å². The Bertz CT molecular complexity index is 408. The molecule has 3 unspecified atom stereocenters. The van der Waals surface area contributed by atoms with Crippen LogP contribution in [0.3, 0.4) is 0 Å². The van der Waals surface area contributed by atoms with E-state index in [2.05, 4.69) is 29.6 Å². The summed E-state index contributed by atoms with van der Waals surface area (Å²) in [7, 11) is 0. The maximum absolute atomic E-state index is 3.74. The SMILES string of the molecule is c1ccc2c(c1)CC1C(CNC3CCC3)C21. The van der Waals surface area contributed by atoms with Crippen LogP contribution in [0, 0.1) is 11.8 Å². The van der Waals surface area contributed by atoms with E-state index < -0.39 is 0 Å². The van der Waals surface area contributed by atoms with E-state index in [1.165, 1.54) is 32.2 Å². The maximum atomic E-state index is 3.74. The highest BCUT2D eigenvalue weighted by Crippen LogP contribution is 2.61. The van der Waals surface area contributed by atoms with Crippen LogP contribution in [0.4, 0.5) is 0 Å². The molecule has 1 aromatic rings. The van der Waals surface area contributed by atoms with Gasteiger partial charge in [-0.05, 0) is 54.7 Å². The zero-order chi connectivity index (χ0) is 10.5. The molecule has 0 bridgehead atoms. The van der Waals surface area contributed by atoms with Crippen molar-refractivity contribution in [1.82, 2.24) is 5.32 Å². The zero-order valence-electron chi connectivity index (χ0n) is 9.65. The van der Waals surface area contributed by atoms with Gasteiger partial charge < -0.3 is 5.32 Å². The largest absolute Gasteiger partial charge is 0.314 e. The topological polar surface area (TPSA) is 12.0 Å². The number of hydrogen-bond donors (Lipinski definition) is 1. The maximum Gasteiger partial charge on any atom is 0.00672 e. The number of hydrogen-bond acceptors (Lipinski definition) is 1. The van der Waals surface area contributed by atoms with E-state index in [4.69, 9.17) is 0 Å². The van der Waals surface area contributed by atoms with E-state index in [1.54, 1.807) is 11.1 Å². The van der Waals surface area contributed by atoms with Gasteiger partial charge in [-0.2, -0.15) is 0 Å². The Kier molecular flexibility index (Phi) is 1.92. The molecule has 0 aromatic heterocycles. The van der Waals surface area contributed by atoms with Crippen LogP contribution >= 0.6 is 0 Å². The van der Waals surface area contributed by atoms with Crippen LogP contribution in [0.1, 0.15) is 36.3 Å².